The average Bonchev–Trinajstić information content (AvgIpc) is 3.72. The largest absolute Gasteiger partial charge is 0.493 e. The highest BCUT2D eigenvalue weighted by atomic mass is 16.5. The van der Waals surface area contributed by atoms with E-state index in [9.17, 15) is 9.59 Å². The monoisotopic (exact) mass is 664 g/mol. The van der Waals surface area contributed by atoms with Crippen molar-refractivity contribution in [1.29, 1.82) is 0 Å². The summed E-state index contributed by atoms with van der Waals surface area (Å²) in [5.41, 5.74) is 6.30. The number of aryl methyl sites for hydroxylation is 1. The molecule has 0 radical (unpaired) electrons. The fourth-order valence-electron chi connectivity index (χ4n) is 6.65. The maximum atomic E-state index is 13.4. The first-order chi connectivity index (χ1) is 23.8. The number of carbonyl (C=O) groups is 2. The third-order valence-electron chi connectivity index (χ3n) is 9.57. The van der Waals surface area contributed by atoms with Gasteiger partial charge >= 0.3 is 0 Å². The van der Waals surface area contributed by atoms with Crippen LogP contribution < -0.4 is 18.9 Å². The summed E-state index contributed by atoms with van der Waals surface area (Å²) >= 11 is 0. The summed E-state index contributed by atoms with van der Waals surface area (Å²) < 4.78 is 23.9. The number of ether oxygens (including phenoxy) is 4. The second kappa shape index (κ2) is 15.0. The van der Waals surface area contributed by atoms with Crippen molar-refractivity contribution in [3.05, 3.63) is 82.5 Å². The third kappa shape index (κ3) is 7.33. The molecule has 0 bridgehead atoms. The van der Waals surface area contributed by atoms with Crippen LogP contribution >= 0.6 is 0 Å². The van der Waals surface area contributed by atoms with Crippen molar-refractivity contribution >= 4 is 36.1 Å². The maximum Gasteiger partial charge on any atom is 0.257 e. The molecule has 0 N–H and O–H groups in total. The molecule has 2 amide bonds. The number of hydrogen-bond acceptors (Lipinski definition) is 8. The van der Waals surface area contributed by atoms with Crippen molar-refractivity contribution < 1.29 is 28.5 Å². The van der Waals surface area contributed by atoms with Crippen molar-refractivity contribution in [3.8, 4) is 23.0 Å². The van der Waals surface area contributed by atoms with E-state index in [2.05, 4.69) is 35.4 Å². The topological polar surface area (TPSA) is 102 Å². The highest BCUT2D eigenvalue weighted by molar-refractivity contribution is 6.04. The summed E-state index contributed by atoms with van der Waals surface area (Å²) in [6.45, 7) is 7.99. The number of hydrogen-bond donors (Lipinski definition) is 0. The number of fused-ring (bicyclic) bond motifs is 2. The zero-order chi connectivity index (χ0) is 34.5. The van der Waals surface area contributed by atoms with Crippen molar-refractivity contribution in [2.75, 3.05) is 40.5 Å². The minimum Gasteiger partial charge on any atom is -0.493 e. The molecule has 10 nitrogen and oxygen atoms in total. The Balaban J connectivity index is 1.12. The Morgan fingerprint density at radius 2 is 1.71 bits per heavy atom. The molecule has 6 rings (SSSR count). The molecule has 2 aromatic carbocycles. The number of benzene rings is 2. The number of aliphatic imine (C=N–C) groups is 2. The van der Waals surface area contributed by atoms with E-state index in [1.165, 1.54) is 11.1 Å². The van der Waals surface area contributed by atoms with Crippen LogP contribution in [0.1, 0.15) is 49.0 Å². The SMILES string of the molecule is C/C=C1\CC(C=Nc2cc(OCC3=CC(COc4cc5c(cc4OC)C(=O)N4C/C(=C/C)CC4C=N5)CC=C3)c(OC)cc2C)N(C=O)C1. The van der Waals surface area contributed by atoms with Crippen LogP contribution in [0.25, 0.3) is 0 Å². The molecule has 10 heteroatoms. The average molecular weight is 665 g/mol. The third-order valence-corrected chi connectivity index (χ3v) is 9.57. The molecule has 0 aromatic heterocycles. The number of methoxy groups -OCH3 is 2. The van der Waals surface area contributed by atoms with E-state index < -0.39 is 0 Å². The quantitative estimate of drug-likeness (QED) is 0.150. The lowest BCUT2D eigenvalue weighted by Crippen LogP contribution is -2.35. The molecule has 256 valence electrons. The Labute approximate surface area is 288 Å². The van der Waals surface area contributed by atoms with Gasteiger partial charge < -0.3 is 28.7 Å². The summed E-state index contributed by atoms with van der Waals surface area (Å²) in [7, 11) is 3.20. The van der Waals surface area contributed by atoms with Crippen LogP contribution in [0.2, 0.25) is 0 Å². The van der Waals surface area contributed by atoms with Crippen LogP contribution in [0.3, 0.4) is 0 Å². The minimum atomic E-state index is -0.0725. The van der Waals surface area contributed by atoms with Crippen LogP contribution in [0.15, 0.2) is 81.3 Å². The minimum absolute atomic E-state index is 0.0431. The Morgan fingerprint density at radius 1 is 0.959 bits per heavy atom. The number of allylic oxidation sites excluding steroid dienone is 3. The van der Waals surface area contributed by atoms with Crippen molar-refractivity contribution in [1.82, 2.24) is 9.80 Å². The van der Waals surface area contributed by atoms with Gasteiger partial charge in [-0.2, -0.15) is 0 Å². The standard InChI is InChI=1S/C39H44N4O6/c1-6-26-13-30(42(20-26)24-44)18-40-33-16-37(35(46-4)11-25(33)3)48-22-28-9-8-10-29(12-28)23-49-38-17-34-32(15-36(38)47-5)39(45)43-21-27(7-2)14-31(43)19-41-34/h6-9,11-12,15-19,24,29-31H,10,13-14,20-23H2,1-5H3/b26-6+,27-7+,40-18?. The van der Waals surface area contributed by atoms with Gasteiger partial charge in [0.2, 0.25) is 6.41 Å². The van der Waals surface area contributed by atoms with Crippen LogP contribution in [0.5, 0.6) is 23.0 Å². The van der Waals surface area contributed by atoms with Crippen LogP contribution in [-0.4, -0.2) is 87.2 Å². The Morgan fingerprint density at radius 3 is 2.47 bits per heavy atom. The summed E-state index contributed by atoms with van der Waals surface area (Å²) in [6.07, 6.45) is 17.5. The molecule has 3 aliphatic heterocycles. The summed E-state index contributed by atoms with van der Waals surface area (Å²) in [5.74, 6) is 2.34. The molecule has 3 unspecified atom stereocenters. The summed E-state index contributed by atoms with van der Waals surface area (Å²) in [5, 5.41) is 0. The molecule has 4 aliphatic rings. The van der Waals surface area contributed by atoms with Gasteiger partial charge in [0.1, 0.15) is 6.61 Å². The first-order valence-corrected chi connectivity index (χ1v) is 16.8. The Hall–Kier alpha value is -5.12. The zero-order valence-electron chi connectivity index (χ0n) is 28.8. The van der Waals surface area contributed by atoms with E-state index in [-0.39, 0.29) is 23.9 Å². The van der Waals surface area contributed by atoms with Gasteiger partial charge in [-0.1, -0.05) is 41.5 Å². The highest BCUT2D eigenvalue weighted by Crippen LogP contribution is 2.39. The van der Waals surface area contributed by atoms with Gasteiger partial charge in [-0.15, -0.1) is 0 Å². The lowest BCUT2D eigenvalue weighted by molar-refractivity contribution is -0.117. The molecule has 1 aliphatic carbocycles. The fourth-order valence-corrected chi connectivity index (χ4v) is 6.65. The van der Waals surface area contributed by atoms with Gasteiger partial charge in [0, 0.05) is 43.6 Å². The van der Waals surface area contributed by atoms with Crippen LogP contribution in [-0.2, 0) is 4.79 Å². The number of likely N-dealkylation sites (tertiary alicyclic amines) is 1. The van der Waals surface area contributed by atoms with E-state index >= 15 is 0 Å². The zero-order valence-corrected chi connectivity index (χ0v) is 28.8. The smallest absolute Gasteiger partial charge is 0.257 e. The second-order valence-corrected chi connectivity index (χ2v) is 12.8. The van der Waals surface area contributed by atoms with E-state index in [4.69, 9.17) is 23.9 Å². The van der Waals surface area contributed by atoms with Crippen molar-refractivity contribution in [3.63, 3.8) is 0 Å². The van der Waals surface area contributed by atoms with Gasteiger partial charge in [-0.3, -0.25) is 19.6 Å². The lowest BCUT2D eigenvalue weighted by atomic mass is 9.97. The van der Waals surface area contributed by atoms with E-state index in [1.54, 1.807) is 31.3 Å². The van der Waals surface area contributed by atoms with Gasteiger partial charge in [0.15, 0.2) is 23.0 Å². The van der Waals surface area contributed by atoms with Crippen LogP contribution in [0.4, 0.5) is 11.4 Å². The number of nitrogens with zero attached hydrogens (tertiary/aromatic N) is 4. The number of amides is 2. The van der Waals surface area contributed by atoms with Gasteiger partial charge in [-0.05, 0) is 63.3 Å². The van der Waals surface area contributed by atoms with Gasteiger partial charge in [-0.25, -0.2) is 0 Å². The fraction of sp³-hybridized carbons (Fsp3) is 0.385. The molecule has 0 spiro atoms. The Kier molecular flexibility index (Phi) is 10.3. The van der Waals surface area contributed by atoms with Gasteiger partial charge in [0.25, 0.3) is 5.91 Å². The second-order valence-electron chi connectivity index (χ2n) is 12.8. The molecule has 2 saturated heterocycles. The summed E-state index contributed by atoms with van der Waals surface area (Å²) in [6, 6.07) is 7.24. The molecular formula is C39H44N4O6. The van der Waals surface area contributed by atoms with Crippen molar-refractivity contribution in [2.45, 2.75) is 52.1 Å². The summed E-state index contributed by atoms with van der Waals surface area (Å²) in [4.78, 5) is 38.1. The predicted molar refractivity (Wildman–Crippen MR) is 191 cm³/mol. The van der Waals surface area contributed by atoms with Gasteiger partial charge in [0.05, 0.1) is 49.8 Å². The number of carbonyl (C=O) groups excluding carboxylic acids is 2. The number of rotatable bonds is 11. The molecule has 49 heavy (non-hydrogen) atoms. The van der Waals surface area contributed by atoms with Crippen LogP contribution in [0, 0.1) is 12.8 Å². The molecule has 2 fully saturated rings. The lowest BCUT2D eigenvalue weighted by Gasteiger charge is -2.21. The molecule has 2 aromatic rings. The maximum absolute atomic E-state index is 13.4. The predicted octanol–water partition coefficient (Wildman–Crippen LogP) is 6.73. The normalized spacial score (nSPS) is 23.2. The van der Waals surface area contributed by atoms with E-state index in [0.717, 1.165) is 42.5 Å². The highest BCUT2D eigenvalue weighted by Gasteiger charge is 2.34. The first kappa shape index (κ1) is 33.8. The Bertz CT molecular complexity index is 1790. The molecule has 3 heterocycles. The van der Waals surface area contributed by atoms with E-state index in [1.807, 2.05) is 50.2 Å². The van der Waals surface area contributed by atoms with Crippen molar-refractivity contribution in [2.24, 2.45) is 15.9 Å². The molecule has 0 saturated carbocycles. The molecular weight excluding hydrogens is 620 g/mol. The van der Waals surface area contributed by atoms with E-state index in [0.29, 0.717) is 60.6 Å². The molecule has 3 atom stereocenters. The first-order valence-electron chi connectivity index (χ1n) is 16.8.